The minimum atomic E-state index is -0.919. The summed E-state index contributed by atoms with van der Waals surface area (Å²) < 4.78 is 21.9. The van der Waals surface area contributed by atoms with Crippen LogP contribution in [0.2, 0.25) is 0 Å². The summed E-state index contributed by atoms with van der Waals surface area (Å²) in [7, 11) is 4.17. The molecule has 0 radical (unpaired) electrons. The minimum absolute atomic E-state index is 0.00548. The number of methoxy groups -OCH3 is 3. The van der Waals surface area contributed by atoms with E-state index in [2.05, 4.69) is 26.5 Å². The van der Waals surface area contributed by atoms with E-state index in [0.29, 0.717) is 5.56 Å². The molecule has 0 aliphatic rings. The second-order valence-corrected chi connectivity index (χ2v) is 7.88. The van der Waals surface area contributed by atoms with Gasteiger partial charge in [-0.25, -0.2) is 10.2 Å². The molecule has 36 heavy (non-hydrogen) atoms. The Morgan fingerprint density at radius 3 is 2.14 bits per heavy atom. The van der Waals surface area contributed by atoms with E-state index in [1.54, 1.807) is 24.3 Å². The summed E-state index contributed by atoms with van der Waals surface area (Å²) in [6, 6.07) is 13.3. The van der Waals surface area contributed by atoms with E-state index >= 15 is 0 Å². The van der Waals surface area contributed by atoms with Crippen LogP contribution in [-0.4, -0.2) is 44.3 Å². The number of amides is 1. The summed E-state index contributed by atoms with van der Waals surface area (Å²) in [4.78, 5) is 36.1. The number of nitro groups is 1. The standard InChI is InChI=1S/C24H20BrN3O8/c1-33-19-11-16(12-20(34-2)22(19)35-3)24(30)36-21-15(5-4-6-18(21)28(31)32)13-26-27-23(29)14-7-9-17(25)10-8-14/h4-13H,1-3H3,(H,27,29)/b26-13+. The molecule has 1 amide bonds. The number of para-hydroxylation sites is 1. The van der Waals surface area contributed by atoms with Gasteiger partial charge in [-0.05, 0) is 42.5 Å². The fraction of sp³-hybridized carbons (Fsp3) is 0.125. The molecule has 12 heteroatoms. The maximum Gasteiger partial charge on any atom is 0.344 e. The number of nitrogens with one attached hydrogen (secondary N) is 1. The summed E-state index contributed by atoms with van der Waals surface area (Å²) >= 11 is 3.29. The predicted octanol–water partition coefficient (Wildman–Crippen LogP) is 4.37. The molecule has 0 atom stereocenters. The Labute approximate surface area is 213 Å². The van der Waals surface area contributed by atoms with Crippen molar-refractivity contribution in [2.24, 2.45) is 5.10 Å². The van der Waals surface area contributed by atoms with Crippen LogP contribution in [0.4, 0.5) is 5.69 Å². The zero-order chi connectivity index (χ0) is 26.2. The number of benzene rings is 3. The van der Waals surface area contributed by atoms with Gasteiger partial charge >= 0.3 is 11.7 Å². The van der Waals surface area contributed by atoms with Gasteiger partial charge in [0, 0.05) is 21.7 Å². The lowest BCUT2D eigenvalue weighted by Gasteiger charge is -2.14. The van der Waals surface area contributed by atoms with Gasteiger partial charge < -0.3 is 18.9 Å². The molecule has 0 fully saturated rings. The molecule has 11 nitrogen and oxygen atoms in total. The first-order valence-corrected chi connectivity index (χ1v) is 11.0. The number of hydrazone groups is 1. The third kappa shape index (κ3) is 5.96. The van der Waals surface area contributed by atoms with E-state index in [0.717, 1.165) is 10.7 Å². The maximum atomic E-state index is 13.0. The highest BCUT2D eigenvalue weighted by atomic mass is 79.9. The number of nitro benzene ring substituents is 1. The molecule has 0 aliphatic carbocycles. The van der Waals surface area contributed by atoms with Gasteiger partial charge in [-0.2, -0.15) is 5.10 Å². The van der Waals surface area contributed by atoms with Crippen molar-refractivity contribution in [3.05, 3.63) is 85.9 Å². The monoisotopic (exact) mass is 557 g/mol. The van der Waals surface area contributed by atoms with Crippen molar-refractivity contribution in [2.45, 2.75) is 0 Å². The Balaban J connectivity index is 1.91. The Kier molecular flexibility index (Phi) is 8.57. The van der Waals surface area contributed by atoms with Crippen molar-refractivity contribution in [3.8, 4) is 23.0 Å². The second-order valence-electron chi connectivity index (χ2n) is 6.96. The third-order valence-electron chi connectivity index (χ3n) is 4.79. The highest BCUT2D eigenvalue weighted by Gasteiger charge is 2.24. The first-order valence-electron chi connectivity index (χ1n) is 10.2. The number of hydrogen-bond donors (Lipinski definition) is 1. The van der Waals surface area contributed by atoms with E-state index in [1.807, 2.05) is 0 Å². The lowest BCUT2D eigenvalue weighted by atomic mass is 10.1. The predicted molar refractivity (Wildman–Crippen MR) is 133 cm³/mol. The first kappa shape index (κ1) is 26.2. The molecule has 0 spiro atoms. The zero-order valence-corrected chi connectivity index (χ0v) is 20.9. The molecule has 3 aromatic carbocycles. The van der Waals surface area contributed by atoms with Crippen LogP contribution in [-0.2, 0) is 0 Å². The molecule has 0 saturated carbocycles. The van der Waals surface area contributed by atoms with Gasteiger partial charge in [0.2, 0.25) is 11.5 Å². The minimum Gasteiger partial charge on any atom is -0.493 e. The van der Waals surface area contributed by atoms with Gasteiger partial charge in [0.25, 0.3) is 5.91 Å². The van der Waals surface area contributed by atoms with Crippen LogP contribution < -0.4 is 24.4 Å². The van der Waals surface area contributed by atoms with Crippen molar-refractivity contribution in [3.63, 3.8) is 0 Å². The van der Waals surface area contributed by atoms with Crippen LogP contribution >= 0.6 is 15.9 Å². The topological polar surface area (TPSA) is 139 Å². The van der Waals surface area contributed by atoms with Gasteiger partial charge in [-0.3, -0.25) is 14.9 Å². The summed E-state index contributed by atoms with van der Waals surface area (Å²) in [6.45, 7) is 0. The third-order valence-corrected chi connectivity index (χ3v) is 5.32. The molecule has 3 aromatic rings. The lowest BCUT2D eigenvalue weighted by Crippen LogP contribution is -2.17. The van der Waals surface area contributed by atoms with E-state index in [-0.39, 0.29) is 34.1 Å². The number of halogens is 1. The number of carbonyl (C=O) groups excluding carboxylic acids is 2. The molecule has 0 aliphatic heterocycles. The number of carbonyl (C=O) groups is 2. The fourth-order valence-corrected chi connectivity index (χ4v) is 3.34. The molecule has 0 heterocycles. The van der Waals surface area contributed by atoms with Crippen LogP contribution in [0.15, 0.2) is 64.2 Å². The normalized spacial score (nSPS) is 10.6. The summed E-state index contributed by atoms with van der Waals surface area (Å²) in [5, 5.41) is 15.5. The van der Waals surface area contributed by atoms with Crippen LogP contribution in [0.5, 0.6) is 23.0 Å². The first-order chi connectivity index (χ1) is 17.3. The Morgan fingerprint density at radius 2 is 1.58 bits per heavy atom. The van der Waals surface area contributed by atoms with Gasteiger partial charge in [0.15, 0.2) is 11.5 Å². The summed E-state index contributed by atoms with van der Waals surface area (Å²) in [5.74, 6) is -1.12. The molecule has 0 bridgehead atoms. The average Bonchev–Trinajstić information content (AvgIpc) is 2.88. The molecular formula is C24H20BrN3O8. The number of nitrogens with zero attached hydrogens (tertiary/aromatic N) is 2. The Bertz CT molecular complexity index is 1300. The van der Waals surface area contributed by atoms with E-state index < -0.39 is 22.5 Å². The Morgan fingerprint density at radius 1 is 0.944 bits per heavy atom. The smallest absolute Gasteiger partial charge is 0.344 e. The van der Waals surface area contributed by atoms with E-state index in [1.165, 1.54) is 51.7 Å². The largest absolute Gasteiger partial charge is 0.493 e. The fourth-order valence-electron chi connectivity index (χ4n) is 3.08. The van der Waals surface area contributed by atoms with E-state index in [4.69, 9.17) is 18.9 Å². The van der Waals surface area contributed by atoms with Crippen molar-refractivity contribution in [2.75, 3.05) is 21.3 Å². The average molecular weight is 558 g/mol. The number of hydrogen-bond acceptors (Lipinski definition) is 9. The summed E-state index contributed by atoms with van der Waals surface area (Å²) in [6.07, 6.45) is 1.14. The van der Waals surface area contributed by atoms with E-state index in [9.17, 15) is 19.7 Å². The quantitative estimate of drug-likeness (QED) is 0.134. The molecule has 0 aromatic heterocycles. The maximum absolute atomic E-state index is 13.0. The van der Waals surface area contributed by atoms with Gasteiger partial charge in [0.1, 0.15) is 0 Å². The van der Waals surface area contributed by atoms with Gasteiger partial charge in [0.05, 0.1) is 38.0 Å². The van der Waals surface area contributed by atoms with Crippen LogP contribution in [0.3, 0.4) is 0 Å². The van der Waals surface area contributed by atoms with Crippen LogP contribution in [0.1, 0.15) is 26.3 Å². The second kappa shape index (κ2) is 11.8. The molecule has 0 unspecified atom stereocenters. The molecular weight excluding hydrogens is 538 g/mol. The highest BCUT2D eigenvalue weighted by molar-refractivity contribution is 9.10. The van der Waals surface area contributed by atoms with Gasteiger partial charge in [-0.1, -0.05) is 22.0 Å². The highest BCUT2D eigenvalue weighted by Crippen LogP contribution is 2.39. The van der Waals surface area contributed by atoms with Crippen molar-refractivity contribution in [1.29, 1.82) is 0 Å². The molecule has 1 N–H and O–H groups in total. The SMILES string of the molecule is COc1cc(C(=O)Oc2c(/C=N/NC(=O)c3ccc(Br)cc3)cccc2[N+](=O)[O-])cc(OC)c1OC. The van der Waals surface area contributed by atoms with Crippen molar-refractivity contribution < 1.29 is 33.5 Å². The lowest BCUT2D eigenvalue weighted by molar-refractivity contribution is -0.385. The van der Waals surface area contributed by atoms with Crippen LogP contribution in [0.25, 0.3) is 0 Å². The zero-order valence-electron chi connectivity index (χ0n) is 19.3. The number of rotatable bonds is 9. The molecule has 186 valence electrons. The number of ether oxygens (including phenoxy) is 4. The van der Waals surface area contributed by atoms with Crippen molar-refractivity contribution >= 4 is 39.7 Å². The number of esters is 1. The molecule has 3 rings (SSSR count). The van der Waals surface area contributed by atoms with Crippen molar-refractivity contribution in [1.82, 2.24) is 5.43 Å². The van der Waals surface area contributed by atoms with Gasteiger partial charge in [-0.15, -0.1) is 0 Å². The molecule has 0 saturated heterocycles. The van der Waals surface area contributed by atoms with Crippen LogP contribution in [0, 0.1) is 10.1 Å². The summed E-state index contributed by atoms with van der Waals surface area (Å²) in [5.41, 5.74) is 2.28. The Hall–Kier alpha value is -4.45.